The molecule has 6 nitrogen and oxygen atoms in total. The molecule has 0 bridgehead atoms. The Kier molecular flexibility index (Phi) is 50.7. The number of hydrogen-bond acceptors (Lipinski definition) is 6. The van der Waals surface area contributed by atoms with E-state index < -0.39 is 6.10 Å². The first-order valence-corrected chi connectivity index (χ1v) is 28.0. The van der Waals surface area contributed by atoms with Crippen molar-refractivity contribution < 1.29 is 28.6 Å². The first-order chi connectivity index (χ1) is 30.5. The smallest absolute Gasteiger partial charge is 0.306 e. The van der Waals surface area contributed by atoms with E-state index in [2.05, 4.69) is 20.8 Å². The Bertz CT molecular complexity index is 920. The van der Waals surface area contributed by atoms with Crippen LogP contribution in [0.2, 0.25) is 0 Å². The predicted octanol–water partition coefficient (Wildman–Crippen LogP) is 18.4. The van der Waals surface area contributed by atoms with Crippen LogP contribution in [0, 0.1) is 0 Å². The lowest BCUT2D eigenvalue weighted by atomic mass is 10.0. The largest absolute Gasteiger partial charge is 0.462 e. The Morgan fingerprint density at radius 2 is 0.435 bits per heavy atom. The van der Waals surface area contributed by atoms with E-state index in [1.54, 1.807) is 0 Å². The first-order valence-electron chi connectivity index (χ1n) is 28.0. The highest BCUT2D eigenvalue weighted by Crippen LogP contribution is 2.17. The van der Waals surface area contributed by atoms with Crippen LogP contribution >= 0.6 is 0 Å². The lowest BCUT2D eigenvalue weighted by molar-refractivity contribution is -0.167. The van der Waals surface area contributed by atoms with Gasteiger partial charge >= 0.3 is 17.9 Å². The summed E-state index contributed by atoms with van der Waals surface area (Å²) in [5, 5.41) is 0. The fourth-order valence-corrected chi connectivity index (χ4v) is 8.62. The maximum Gasteiger partial charge on any atom is 0.306 e. The third kappa shape index (κ3) is 49.4. The van der Waals surface area contributed by atoms with Gasteiger partial charge in [0.25, 0.3) is 0 Å². The molecule has 0 spiro atoms. The molecule has 0 saturated heterocycles. The maximum absolute atomic E-state index is 12.8. The summed E-state index contributed by atoms with van der Waals surface area (Å²) in [5.74, 6) is -0.842. The van der Waals surface area contributed by atoms with Gasteiger partial charge < -0.3 is 14.2 Å². The minimum atomic E-state index is -0.759. The number of hydrogen-bond donors (Lipinski definition) is 0. The number of carbonyl (C=O) groups excluding carboxylic acids is 3. The molecule has 0 aromatic carbocycles. The third-order valence-corrected chi connectivity index (χ3v) is 12.9. The molecule has 368 valence electrons. The summed E-state index contributed by atoms with van der Waals surface area (Å²) in [7, 11) is 0. The van der Waals surface area contributed by atoms with Crippen molar-refractivity contribution in [2.75, 3.05) is 13.2 Å². The van der Waals surface area contributed by atoms with Gasteiger partial charge in [0.2, 0.25) is 0 Å². The van der Waals surface area contributed by atoms with E-state index in [9.17, 15) is 14.4 Å². The molecular formula is C56H108O6. The fourth-order valence-electron chi connectivity index (χ4n) is 8.62. The topological polar surface area (TPSA) is 78.9 Å². The predicted molar refractivity (Wildman–Crippen MR) is 266 cm³/mol. The highest BCUT2D eigenvalue weighted by molar-refractivity contribution is 5.71. The van der Waals surface area contributed by atoms with Crippen LogP contribution in [-0.4, -0.2) is 37.2 Å². The lowest BCUT2D eigenvalue weighted by Crippen LogP contribution is -2.30. The van der Waals surface area contributed by atoms with Gasteiger partial charge in [-0.3, -0.25) is 14.4 Å². The van der Waals surface area contributed by atoms with Crippen molar-refractivity contribution in [3.63, 3.8) is 0 Å². The number of ether oxygens (including phenoxy) is 3. The lowest BCUT2D eigenvalue weighted by Gasteiger charge is -2.18. The second-order valence-corrected chi connectivity index (χ2v) is 19.2. The molecule has 0 aliphatic heterocycles. The second kappa shape index (κ2) is 52.0. The summed E-state index contributed by atoms with van der Waals surface area (Å²) in [6, 6.07) is 0. The average Bonchev–Trinajstić information content (AvgIpc) is 3.27. The van der Waals surface area contributed by atoms with Crippen molar-refractivity contribution in [1.29, 1.82) is 0 Å². The molecular weight excluding hydrogens is 769 g/mol. The molecule has 0 aromatic heterocycles. The Hall–Kier alpha value is -1.59. The summed E-state index contributed by atoms with van der Waals surface area (Å²) in [6.07, 6.45) is 56.8. The van der Waals surface area contributed by atoms with Gasteiger partial charge in [-0.05, 0) is 19.3 Å². The molecule has 0 aliphatic carbocycles. The quantitative estimate of drug-likeness (QED) is 0.0344. The van der Waals surface area contributed by atoms with Crippen LogP contribution < -0.4 is 0 Å². The van der Waals surface area contributed by atoms with E-state index in [1.165, 1.54) is 225 Å². The Morgan fingerprint density at radius 1 is 0.258 bits per heavy atom. The summed E-state index contributed by atoms with van der Waals surface area (Å²) in [6.45, 7) is 6.67. The van der Waals surface area contributed by atoms with Crippen LogP contribution in [-0.2, 0) is 28.6 Å². The van der Waals surface area contributed by atoms with Crippen LogP contribution in [0.1, 0.15) is 323 Å². The van der Waals surface area contributed by atoms with Gasteiger partial charge in [0.15, 0.2) is 6.10 Å². The van der Waals surface area contributed by atoms with Gasteiger partial charge in [0.1, 0.15) is 13.2 Å². The zero-order chi connectivity index (χ0) is 45.1. The van der Waals surface area contributed by atoms with Gasteiger partial charge in [-0.1, -0.05) is 284 Å². The fraction of sp³-hybridized carbons (Fsp3) is 0.946. The van der Waals surface area contributed by atoms with Crippen molar-refractivity contribution in [3.05, 3.63) is 0 Å². The van der Waals surface area contributed by atoms with Gasteiger partial charge in [0.05, 0.1) is 0 Å². The number of unbranched alkanes of at least 4 members (excludes halogenated alkanes) is 41. The van der Waals surface area contributed by atoms with Gasteiger partial charge in [-0.25, -0.2) is 0 Å². The molecule has 0 fully saturated rings. The van der Waals surface area contributed by atoms with Crippen molar-refractivity contribution in [3.8, 4) is 0 Å². The number of rotatable bonds is 52. The minimum absolute atomic E-state index is 0.0618. The summed E-state index contributed by atoms with van der Waals surface area (Å²) in [5.41, 5.74) is 0. The molecule has 0 amide bonds. The van der Waals surface area contributed by atoms with E-state index in [1.807, 2.05) is 0 Å². The van der Waals surface area contributed by atoms with Gasteiger partial charge in [-0.15, -0.1) is 0 Å². The molecule has 62 heavy (non-hydrogen) atoms. The minimum Gasteiger partial charge on any atom is -0.462 e. The molecule has 0 saturated carbocycles. The van der Waals surface area contributed by atoms with E-state index in [0.717, 1.165) is 57.8 Å². The zero-order valence-electron chi connectivity index (χ0n) is 42.2. The Labute approximate surface area is 387 Å². The van der Waals surface area contributed by atoms with Crippen LogP contribution in [0.3, 0.4) is 0 Å². The summed E-state index contributed by atoms with van der Waals surface area (Å²) in [4.78, 5) is 37.9. The number of carbonyl (C=O) groups is 3. The monoisotopic (exact) mass is 877 g/mol. The molecule has 0 aliphatic rings. The van der Waals surface area contributed by atoms with Crippen molar-refractivity contribution in [1.82, 2.24) is 0 Å². The first kappa shape index (κ1) is 60.4. The zero-order valence-corrected chi connectivity index (χ0v) is 42.2. The molecule has 0 aromatic rings. The molecule has 1 unspecified atom stereocenters. The van der Waals surface area contributed by atoms with Crippen LogP contribution in [0.5, 0.6) is 0 Å². The van der Waals surface area contributed by atoms with Crippen molar-refractivity contribution in [2.45, 2.75) is 329 Å². The molecule has 0 N–H and O–H groups in total. The van der Waals surface area contributed by atoms with Crippen LogP contribution in [0.4, 0.5) is 0 Å². The standard InChI is InChI=1S/C56H108O6/c1-4-7-10-13-16-19-21-23-25-26-27-28-29-30-32-33-35-37-40-43-46-49-55(58)61-52-53(51-60-54(57)48-45-42-39-18-15-12-9-6-3)62-56(59)50-47-44-41-38-36-34-31-24-22-20-17-14-11-8-5-2/h53H,4-52H2,1-3H3. The summed E-state index contributed by atoms with van der Waals surface area (Å²) >= 11 is 0. The van der Waals surface area contributed by atoms with Crippen molar-refractivity contribution >= 4 is 17.9 Å². The van der Waals surface area contributed by atoms with E-state index in [4.69, 9.17) is 14.2 Å². The normalized spacial score (nSPS) is 11.9. The van der Waals surface area contributed by atoms with Gasteiger partial charge in [-0.2, -0.15) is 0 Å². The molecule has 0 rings (SSSR count). The third-order valence-electron chi connectivity index (χ3n) is 12.9. The highest BCUT2D eigenvalue weighted by Gasteiger charge is 2.19. The number of esters is 3. The SMILES string of the molecule is CCCCCCCCCCCCCCCCCCCCCCCC(=O)OCC(COC(=O)CCCCCCCCCC)OC(=O)CCCCCCCCCCCCCCCCC. The van der Waals surface area contributed by atoms with Gasteiger partial charge in [0, 0.05) is 19.3 Å². The van der Waals surface area contributed by atoms with E-state index in [-0.39, 0.29) is 31.1 Å². The second-order valence-electron chi connectivity index (χ2n) is 19.2. The van der Waals surface area contributed by atoms with E-state index >= 15 is 0 Å². The average molecular weight is 877 g/mol. The maximum atomic E-state index is 12.8. The van der Waals surface area contributed by atoms with Crippen LogP contribution in [0.25, 0.3) is 0 Å². The Balaban J connectivity index is 4.15. The molecule has 0 radical (unpaired) electrons. The molecule has 0 heterocycles. The Morgan fingerprint density at radius 3 is 0.645 bits per heavy atom. The molecule has 6 heteroatoms. The summed E-state index contributed by atoms with van der Waals surface area (Å²) < 4.78 is 16.8. The molecule has 1 atom stereocenters. The highest BCUT2D eigenvalue weighted by atomic mass is 16.6. The van der Waals surface area contributed by atoms with Crippen molar-refractivity contribution in [2.24, 2.45) is 0 Å². The van der Waals surface area contributed by atoms with Crippen LogP contribution in [0.15, 0.2) is 0 Å². The van der Waals surface area contributed by atoms with E-state index in [0.29, 0.717) is 19.3 Å².